The molecule has 0 amide bonds. The molecule has 0 heterocycles. The summed E-state index contributed by atoms with van der Waals surface area (Å²) in [6.07, 6.45) is -13.4. The number of hydrogen-bond donors (Lipinski definition) is 2. The second kappa shape index (κ2) is 5.90. The minimum atomic E-state index is -5.40. The third-order valence-corrected chi connectivity index (χ3v) is 3.93. The minimum absolute atomic E-state index is 0.454. The molecule has 0 saturated heterocycles. The van der Waals surface area contributed by atoms with Crippen LogP contribution in [0.25, 0.3) is 0 Å². The minimum Gasteiger partial charge on any atom is -0.456 e. The standard InChI is InChI=1S/C8H11F6O5P/c1-6(20(16,17)18,3-7(9,10)11)2-5(15)19-4-8(12,13)14/h2-4H2,1H3,(H2,16,17,18). The zero-order valence-electron chi connectivity index (χ0n) is 9.96. The Hall–Kier alpha value is -0.800. The van der Waals surface area contributed by atoms with E-state index in [9.17, 15) is 35.7 Å². The lowest BCUT2D eigenvalue weighted by Gasteiger charge is -2.30. The summed E-state index contributed by atoms with van der Waals surface area (Å²) in [5, 5.41) is -2.88. The predicted molar refractivity (Wildman–Crippen MR) is 52.8 cm³/mol. The molecule has 0 aliphatic carbocycles. The Kier molecular flexibility index (Phi) is 5.67. The first-order chi connectivity index (χ1) is 8.56. The van der Waals surface area contributed by atoms with Crippen LogP contribution in [0.3, 0.4) is 0 Å². The van der Waals surface area contributed by atoms with Crippen LogP contribution in [0, 0.1) is 0 Å². The van der Waals surface area contributed by atoms with Crippen LogP contribution >= 0.6 is 7.60 Å². The average Bonchev–Trinajstić information content (AvgIpc) is 2.08. The molecule has 0 radical (unpaired) electrons. The maximum atomic E-state index is 12.2. The Bertz CT molecular complexity index is 399. The van der Waals surface area contributed by atoms with E-state index in [1.807, 2.05) is 0 Å². The van der Waals surface area contributed by atoms with Gasteiger partial charge in [0.25, 0.3) is 0 Å². The van der Waals surface area contributed by atoms with Gasteiger partial charge in [-0.3, -0.25) is 9.36 Å². The van der Waals surface area contributed by atoms with Gasteiger partial charge in [0.1, 0.15) is 0 Å². The number of esters is 1. The Morgan fingerprint density at radius 2 is 1.55 bits per heavy atom. The van der Waals surface area contributed by atoms with E-state index in [2.05, 4.69) is 4.74 Å². The molecule has 2 N–H and O–H groups in total. The normalized spacial score (nSPS) is 16.6. The van der Waals surface area contributed by atoms with E-state index in [-0.39, 0.29) is 0 Å². The Morgan fingerprint density at radius 1 is 1.10 bits per heavy atom. The Morgan fingerprint density at radius 3 is 1.85 bits per heavy atom. The van der Waals surface area contributed by atoms with Crippen LogP contribution < -0.4 is 0 Å². The van der Waals surface area contributed by atoms with Crippen molar-refractivity contribution >= 4 is 13.6 Å². The van der Waals surface area contributed by atoms with Crippen LogP contribution in [0.15, 0.2) is 0 Å². The van der Waals surface area contributed by atoms with E-state index in [4.69, 9.17) is 9.79 Å². The molecule has 120 valence electrons. The molecule has 20 heavy (non-hydrogen) atoms. The lowest BCUT2D eigenvalue weighted by molar-refractivity contribution is -0.187. The number of carbonyl (C=O) groups excluding carboxylic acids is 1. The zero-order chi connectivity index (χ0) is 16.4. The molecule has 0 aromatic rings. The van der Waals surface area contributed by atoms with E-state index in [0.717, 1.165) is 0 Å². The van der Waals surface area contributed by atoms with E-state index in [1.165, 1.54) is 0 Å². The van der Waals surface area contributed by atoms with Crippen LogP contribution in [0.5, 0.6) is 0 Å². The van der Waals surface area contributed by atoms with Crippen molar-refractivity contribution in [3.63, 3.8) is 0 Å². The number of alkyl halides is 6. The molecule has 12 heteroatoms. The van der Waals surface area contributed by atoms with E-state index < -0.39 is 50.5 Å². The zero-order valence-corrected chi connectivity index (χ0v) is 10.8. The highest BCUT2D eigenvalue weighted by atomic mass is 31.2. The number of hydrogen-bond acceptors (Lipinski definition) is 3. The highest BCUT2D eigenvalue weighted by Gasteiger charge is 2.52. The lowest BCUT2D eigenvalue weighted by atomic mass is 10.0. The molecule has 0 fully saturated rings. The van der Waals surface area contributed by atoms with Crippen LogP contribution in [0.4, 0.5) is 26.3 Å². The molecule has 0 aliphatic heterocycles. The maximum Gasteiger partial charge on any atom is 0.422 e. The molecule has 5 nitrogen and oxygen atoms in total. The van der Waals surface area contributed by atoms with Gasteiger partial charge in [-0.25, -0.2) is 0 Å². The number of halogens is 6. The topological polar surface area (TPSA) is 83.8 Å². The van der Waals surface area contributed by atoms with Crippen molar-refractivity contribution in [3.8, 4) is 0 Å². The van der Waals surface area contributed by atoms with Crippen molar-refractivity contribution in [2.24, 2.45) is 0 Å². The van der Waals surface area contributed by atoms with Gasteiger partial charge in [0.05, 0.1) is 18.0 Å². The second-order valence-corrected chi connectivity index (χ2v) is 6.45. The van der Waals surface area contributed by atoms with Gasteiger partial charge >= 0.3 is 25.9 Å². The van der Waals surface area contributed by atoms with E-state index in [0.29, 0.717) is 6.92 Å². The lowest BCUT2D eigenvalue weighted by Crippen LogP contribution is -2.35. The summed E-state index contributed by atoms with van der Waals surface area (Å²) >= 11 is 0. The monoisotopic (exact) mass is 332 g/mol. The Balaban J connectivity index is 4.93. The van der Waals surface area contributed by atoms with Gasteiger partial charge in [-0.2, -0.15) is 26.3 Å². The van der Waals surface area contributed by atoms with Crippen LogP contribution in [-0.2, 0) is 14.1 Å². The van der Waals surface area contributed by atoms with Gasteiger partial charge in [0.2, 0.25) is 0 Å². The smallest absolute Gasteiger partial charge is 0.422 e. The van der Waals surface area contributed by atoms with Crippen LogP contribution in [0.2, 0.25) is 0 Å². The maximum absolute atomic E-state index is 12.2. The molecule has 0 bridgehead atoms. The van der Waals surface area contributed by atoms with Crippen LogP contribution in [0.1, 0.15) is 19.8 Å². The Labute approximate surface area is 109 Å². The molecule has 0 aliphatic rings. The van der Waals surface area contributed by atoms with Gasteiger partial charge in [-0.1, -0.05) is 0 Å². The largest absolute Gasteiger partial charge is 0.456 e. The highest BCUT2D eigenvalue weighted by molar-refractivity contribution is 7.53. The first-order valence-electron chi connectivity index (χ1n) is 4.90. The summed E-state index contributed by atoms with van der Waals surface area (Å²) in [5.74, 6) is -1.78. The molecule has 0 aromatic heterocycles. The summed E-state index contributed by atoms with van der Waals surface area (Å²) in [7, 11) is -5.40. The first-order valence-corrected chi connectivity index (χ1v) is 6.52. The third kappa shape index (κ3) is 7.11. The van der Waals surface area contributed by atoms with Gasteiger partial charge in [-0.15, -0.1) is 0 Å². The number of ether oxygens (including phenoxy) is 1. The summed E-state index contributed by atoms with van der Waals surface area (Å²) in [5.41, 5.74) is 0. The fourth-order valence-electron chi connectivity index (χ4n) is 1.22. The van der Waals surface area contributed by atoms with Crippen molar-refractivity contribution in [2.45, 2.75) is 37.3 Å². The fraction of sp³-hybridized carbons (Fsp3) is 0.875. The summed E-state index contributed by atoms with van der Waals surface area (Å²) < 4.78 is 86.6. The molecular formula is C8H11F6O5P. The molecule has 0 aromatic carbocycles. The molecule has 1 atom stereocenters. The van der Waals surface area contributed by atoms with Gasteiger partial charge < -0.3 is 14.5 Å². The first kappa shape index (κ1) is 19.2. The number of carbonyl (C=O) groups is 1. The third-order valence-electron chi connectivity index (χ3n) is 2.21. The van der Waals surface area contributed by atoms with Crippen molar-refractivity contribution < 1.29 is 50.2 Å². The van der Waals surface area contributed by atoms with E-state index >= 15 is 0 Å². The second-order valence-electron chi connectivity index (χ2n) is 4.29. The summed E-state index contributed by atoms with van der Waals surface area (Å²) in [4.78, 5) is 28.7. The van der Waals surface area contributed by atoms with Crippen molar-refractivity contribution in [1.82, 2.24) is 0 Å². The fourth-order valence-corrected chi connectivity index (χ4v) is 1.94. The van der Waals surface area contributed by atoms with Gasteiger partial charge in [0.15, 0.2) is 6.61 Å². The predicted octanol–water partition coefficient (Wildman–Crippen LogP) is 2.37. The van der Waals surface area contributed by atoms with E-state index in [1.54, 1.807) is 0 Å². The van der Waals surface area contributed by atoms with Crippen LogP contribution in [-0.4, -0.2) is 39.9 Å². The molecular weight excluding hydrogens is 321 g/mol. The summed E-state index contributed by atoms with van der Waals surface area (Å²) in [6, 6.07) is 0. The molecule has 1 unspecified atom stereocenters. The number of rotatable bonds is 5. The van der Waals surface area contributed by atoms with Gasteiger partial charge in [0, 0.05) is 0 Å². The molecule has 0 spiro atoms. The highest BCUT2D eigenvalue weighted by Crippen LogP contribution is 2.56. The molecule has 0 rings (SSSR count). The molecule has 0 saturated carbocycles. The SMILES string of the molecule is CC(CC(=O)OCC(F)(F)F)(CC(F)(F)F)P(=O)(O)O. The van der Waals surface area contributed by atoms with Crippen molar-refractivity contribution in [1.29, 1.82) is 0 Å². The van der Waals surface area contributed by atoms with Crippen molar-refractivity contribution in [3.05, 3.63) is 0 Å². The van der Waals surface area contributed by atoms with Crippen molar-refractivity contribution in [2.75, 3.05) is 6.61 Å². The quantitative estimate of drug-likeness (QED) is 0.459. The average molecular weight is 332 g/mol. The van der Waals surface area contributed by atoms with Gasteiger partial charge in [-0.05, 0) is 6.92 Å². The summed E-state index contributed by atoms with van der Waals surface area (Å²) in [6.45, 7) is -1.59.